The van der Waals surface area contributed by atoms with Crippen molar-refractivity contribution in [2.45, 2.75) is 48.9 Å². The molecule has 3 rings (SSSR count). The number of alkyl halides is 9. The summed E-state index contributed by atoms with van der Waals surface area (Å²) in [6.07, 6.45) is -9.61. The van der Waals surface area contributed by atoms with Crippen molar-refractivity contribution in [3.8, 4) is 0 Å². The maximum absolute atomic E-state index is 14.9. The van der Waals surface area contributed by atoms with Crippen LogP contribution in [0.15, 0.2) is 91.0 Å². The molecule has 0 spiro atoms. The number of hydrogen-bond acceptors (Lipinski definition) is 1. The molecular formula is C26H22F9OP. The van der Waals surface area contributed by atoms with Gasteiger partial charge in [0.25, 0.3) is 0 Å². The monoisotopic (exact) mass is 552 g/mol. The molecule has 0 bridgehead atoms. The van der Waals surface area contributed by atoms with Gasteiger partial charge in [-0.3, -0.25) is 0 Å². The lowest BCUT2D eigenvalue weighted by Crippen LogP contribution is -2.61. The van der Waals surface area contributed by atoms with E-state index in [-0.39, 0.29) is 17.0 Å². The third-order valence-corrected chi connectivity index (χ3v) is 9.70. The molecule has 200 valence electrons. The van der Waals surface area contributed by atoms with Gasteiger partial charge < -0.3 is 4.57 Å². The van der Waals surface area contributed by atoms with E-state index in [1.165, 1.54) is 60.7 Å². The van der Waals surface area contributed by atoms with E-state index in [0.717, 1.165) is 0 Å². The Hall–Kier alpha value is -2.74. The molecule has 3 aromatic rings. The smallest absolute Gasteiger partial charge is 0.313 e. The van der Waals surface area contributed by atoms with Gasteiger partial charge in [0, 0.05) is 22.7 Å². The summed E-state index contributed by atoms with van der Waals surface area (Å²) in [5.41, 5.74) is -1.35. The van der Waals surface area contributed by atoms with Crippen LogP contribution in [-0.2, 0) is 11.0 Å². The summed E-state index contributed by atoms with van der Waals surface area (Å²) >= 11 is 0. The third-order valence-electron chi connectivity index (χ3n) is 6.10. The minimum atomic E-state index is -7.02. The Morgan fingerprint density at radius 3 is 1.41 bits per heavy atom. The quantitative estimate of drug-likeness (QED) is 0.185. The van der Waals surface area contributed by atoms with Crippen molar-refractivity contribution >= 4 is 17.8 Å². The molecule has 0 N–H and O–H groups in total. The average Bonchev–Trinajstić information content (AvgIpc) is 2.86. The molecule has 0 aliphatic heterocycles. The zero-order valence-electron chi connectivity index (χ0n) is 19.1. The highest BCUT2D eigenvalue weighted by Crippen LogP contribution is 2.59. The number of halogens is 9. The van der Waals surface area contributed by atoms with E-state index in [4.69, 9.17) is 0 Å². The number of hydrogen-bond donors (Lipinski definition) is 0. The molecule has 37 heavy (non-hydrogen) atoms. The van der Waals surface area contributed by atoms with Crippen LogP contribution in [0.2, 0.25) is 0 Å². The van der Waals surface area contributed by atoms with E-state index < -0.39 is 49.6 Å². The van der Waals surface area contributed by atoms with Gasteiger partial charge in [0.2, 0.25) is 0 Å². The molecule has 0 saturated heterocycles. The van der Waals surface area contributed by atoms with Crippen LogP contribution in [0.25, 0.3) is 0 Å². The third kappa shape index (κ3) is 5.59. The normalized spacial score (nSPS) is 14.4. The fourth-order valence-corrected chi connectivity index (χ4v) is 7.44. The molecule has 0 aliphatic carbocycles. The van der Waals surface area contributed by atoms with Crippen LogP contribution in [0.4, 0.5) is 39.5 Å². The van der Waals surface area contributed by atoms with Gasteiger partial charge in [-0.25, -0.2) is 0 Å². The van der Waals surface area contributed by atoms with Gasteiger partial charge in [0.15, 0.2) is 0 Å². The maximum atomic E-state index is 14.9. The predicted molar refractivity (Wildman–Crippen MR) is 124 cm³/mol. The predicted octanol–water partition coefficient (Wildman–Crippen LogP) is 7.86. The van der Waals surface area contributed by atoms with Gasteiger partial charge >= 0.3 is 23.9 Å². The first-order valence-corrected chi connectivity index (χ1v) is 12.9. The van der Waals surface area contributed by atoms with Gasteiger partial charge in [-0.1, -0.05) is 91.0 Å². The Balaban J connectivity index is 2.15. The van der Waals surface area contributed by atoms with Gasteiger partial charge in [-0.05, 0) is 18.4 Å². The average molecular weight is 552 g/mol. The van der Waals surface area contributed by atoms with E-state index in [9.17, 15) is 44.1 Å². The van der Waals surface area contributed by atoms with Crippen LogP contribution in [-0.4, -0.2) is 29.6 Å². The molecule has 0 fully saturated rings. The van der Waals surface area contributed by atoms with Crippen molar-refractivity contribution in [1.29, 1.82) is 0 Å². The highest BCUT2D eigenvalue weighted by atomic mass is 31.2. The molecule has 0 aliphatic rings. The van der Waals surface area contributed by atoms with Gasteiger partial charge in [0.05, 0.1) is 0 Å². The standard InChI is InChI=1S/C26H22F9OP/c27-23(28,24(29,30)25(31,32)26(33,34)35)18-22(17-16-19-10-4-1-5-11-19)37(36,20-12-6-2-7-13-20)21-14-8-3-9-15-21/h1-15,22H,16-18H2. The molecular weight excluding hydrogens is 530 g/mol. The SMILES string of the molecule is O=P(c1ccccc1)(c1ccccc1)C(CCc1ccccc1)CC(F)(F)C(F)(F)C(F)(F)C(F)(F)F. The van der Waals surface area contributed by atoms with Crippen molar-refractivity contribution in [3.63, 3.8) is 0 Å². The molecule has 0 aromatic heterocycles. The van der Waals surface area contributed by atoms with Gasteiger partial charge in [-0.2, -0.15) is 39.5 Å². The molecule has 0 saturated carbocycles. The Bertz CT molecular complexity index is 1150. The Kier molecular flexibility index (Phi) is 8.22. The topological polar surface area (TPSA) is 17.1 Å². The molecule has 1 atom stereocenters. The fraction of sp³-hybridized carbons (Fsp3) is 0.308. The summed E-state index contributed by atoms with van der Waals surface area (Å²) in [5.74, 6) is -19.7. The first-order valence-electron chi connectivity index (χ1n) is 11.1. The first-order chi connectivity index (χ1) is 17.1. The molecule has 0 radical (unpaired) electrons. The molecule has 0 amide bonds. The summed E-state index contributed by atoms with van der Waals surface area (Å²) in [4.78, 5) is 0. The lowest BCUT2D eigenvalue weighted by Gasteiger charge is -2.37. The van der Waals surface area contributed by atoms with E-state index in [1.54, 1.807) is 30.3 Å². The fourth-order valence-electron chi connectivity index (χ4n) is 4.09. The maximum Gasteiger partial charge on any atom is 0.460 e. The minimum absolute atomic E-state index is 0.0130. The molecule has 0 heterocycles. The second-order valence-corrected chi connectivity index (χ2v) is 11.6. The van der Waals surface area contributed by atoms with Crippen LogP contribution in [0.3, 0.4) is 0 Å². The molecule has 1 unspecified atom stereocenters. The summed E-state index contributed by atoms with van der Waals surface area (Å²) in [7, 11) is -4.27. The van der Waals surface area contributed by atoms with Crippen LogP contribution in [0.1, 0.15) is 18.4 Å². The Morgan fingerprint density at radius 1 is 0.595 bits per heavy atom. The first kappa shape index (κ1) is 28.8. The summed E-state index contributed by atoms with van der Waals surface area (Å²) < 4.78 is 138. The van der Waals surface area contributed by atoms with Crippen LogP contribution < -0.4 is 10.6 Å². The van der Waals surface area contributed by atoms with Gasteiger partial charge in [0.1, 0.15) is 7.14 Å². The summed E-state index contributed by atoms with van der Waals surface area (Å²) in [6.45, 7) is 0. The zero-order chi connectivity index (χ0) is 27.5. The van der Waals surface area contributed by atoms with Crippen LogP contribution in [0, 0.1) is 0 Å². The second kappa shape index (κ2) is 10.6. The zero-order valence-corrected chi connectivity index (χ0v) is 20.0. The van der Waals surface area contributed by atoms with Crippen molar-refractivity contribution < 1.29 is 44.1 Å². The minimum Gasteiger partial charge on any atom is -0.313 e. The van der Waals surface area contributed by atoms with Crippen molar-refractivity contribution in [3.05, 3.63) is 96.6 Å². The van der Waals surface area contributed by atoms with Crippen molar-refractivity contribution in [1.82, 2.24) is 0 Å². The van der Waals surface area contributed by atoms with Crippen molar-refractivity contribution in [2.24, 2.45) is 0 Å². The lowest BCUT2D eigenvalue weighted by atomic mass is 9.97. The van der Waals surface area contributed by atoms with E-state index in [0.29, 0.717) is 5.56 Å². The Morgan fingerprint density at radius 2 is 1.00 bits per heavy atom. The number of benzene rings is 3. The van der Waals surface area contributed by atoms with E-state index in [1.807, 2.05) is 0 Å². The van der Waals surface area contributed by atoms with Crippen LogP contribution >= 0.6 is 7.14 Å². The largest absolute Gasteiger partial charge is 0.460 e. The number of rotatable bonds is 10. The molecule has 1 nitrogen and oxygen atoms in total. The lowest BCUT2D eigenvalue weighted by molar-refractivity contribution is -0.396. The number of aryl methyl sites for hydroxylation is 1. The van der Waals surface area contributed by atoms with E-state index >= 15 is 0 Å². The van der Waals surface area contributed by atoms with Gasteiger partial charge in [-0.15, -0.1) is 0 Å². The highest BCUT2D eigenvalue weighted by molar-refractivity contribution is 7.79. The second-order valence-electron chi connectivity index (χ2n) is 8.56. The van der Waals surface area contributed by atoms with E-state index in [2.05, 4.69) is 0 Å². The molecule has 3 aromatic carbocycles. The van der Waals surface area contributed by atoms with Crippen molar-refractivity contribution in [2.75, 3.05) is 0 Å². The molecule has 11 heteroatoms. The summed E-state index contributed by atoms with van der Waals surface area (Å²) in [5, 5.41) is -0.0260. The Labute approximate surface area is 207 Å². The highest BCUT2D eigenvalue weighted by Gasteiger charge is 2.81. The van der Waals surface area contributed by atoms with Crippen LogP contribution in [0.5, 0.6) is 0 Å². The summed E-state index contributed by atoms with van der Waals surface area (Å²) in [6, 6.07) is 22.2.